The molecule has 0 amide bonds. The third kappa shape index (κ3) is 2.30. The fourth-order valence-corrected chi connectivity index (χ4v) is 1.13. The van der Waals surface area contributed by atoms with Crippen LogP contribution in [0.2, 0.25) is 0 Å². The number of rotatable bonds is 4. The van der Waals surface area contributed by atoms with E-state index in [4.69, 9.17) is 5.11 Å². The van der Waals surface area contributed by atoms with Crippen LogP contribution in [0.5, 0.6) is 0 Å². The van der Waals surface area contributed by atoms with E-state index in [0.717, 1.165) is 0 Å². The van der Waals surface area contributed by atoms with Crippen molar-refractivity contribution < 1.29 is 9.90 Å². The molecule has 0 saturated carbocycles. The molecular weight excluding hydrogens is 224 g/mol. The molecule has 0 aromatic carbocycles. The van der Waals surface area contributed by atoms with Crippen LogP contribution < -0.4 is 5.32 Å². The maximum Gasteiger partial charge on any atom is 0.310 e. The molecule has 0 unspecified atom stereocenters. The van der Waals surface area contributed by atoms with Gasteiger partial charge in [0.1, 0.15) is 5.82 Å². The molecule has 2 N–H and O–H groups in total. The number of tetrazole rings is 1. The molecule has 2 aromatic heterocycles. The second-order valence-electron chi connectivity index (χ2n) is 4.29. The Bertz CT molecular complexity index is 549. The van der Waals surface area contributed by atoms with Gasteiger partial charge in [-0.15, -0.1) is 14.8 Å². The molecule has 90 valence electrons. The number of nitrogens with zero attached hydrogens (tertiary/aromatic N) is 5. The van der Waals surface area contributed by atoms with Crippen molar-refractivity contribution in [3.63, 3.8) is 0 Å². The fraction of sp³-hybridized carbons (Fsp3) is 0.444. The van der Waals surface area contributed by atoms with Gasteiger partial charge in [-0.2, -0.15) is 0 Å². The van der Waals surface area contributed by atoms with Crippen molar-refractivity contribution in [1.82, 2.24) is 25.3 Å². The Morgan fingerprint density at radius 2 is 2.29 bits per heavy atom. The number of carboxylic acid groups (broad SMARTS) is 1. The first-order valence-electron chi connectivity index (χ1n) is 5.02. The first-order valence-corrected chi connectivity index (χ1v) is 5.02. The van der Waals surface area contributed by atoms with Gasteiger partial charge in [-0.3, -0.25) is 4.79 Å². The number of carboxylic acids is 1. The van der Waals surface area contributed by atoms with Gasteiger partial charge < -0.3 is 10.4 Å². The Morgan fingerprint density at radius 1 is 1.53 bits per heavy atom. The number of hydrogen-bond donors (Lipinski definition) is 2. The van der Waals surface area contributed by atoms with Gasteiger partial charge in [-0.1, -0.05) is 0 Å². The van der Waals surface area contributed by atoms with Crippen LogP contribution in [0.3, 0.4) is 0 Å². The third-order valence-electron chi connectivity index (χ3n) is 2.36. The van der Waals surface area contributed by atoms with E-state index in [0.29, 0.717) is 11.5 Å². The van der Waals surface area contributed by atoms with E-state index in [-0.39, 0.29) is 6.54 Å². The molecule has 0 atom stereocenters. The number of fused-ring (bicyclic) bond motifs is 1. The van der Waals surface area contributed by atoms with Crippen LogP contribution in [0, 0.1) is 5.41 Å². The van der Waals surface area contributed by atoms with Gasteiger partial charge in [0.2, 0.25) is 0 Å². The summed E-state index contributed by atoms with van der Waals surface area (Å²) in [7, 11) is 0. The molecule has 8 nitrogen and oxygen atoms in total. The zero-order chi connectivity index (χ0) is 12.5. The summed E-state index contributed by atoms with van der Waals surface area (Å²) in [6.45, 7) is 3.54. The Kier molecular flexibility index (Phi) is 2.62. The first-order chi connectivity index (χ1) is 7.99. The van der Waals surface area contributed by atoms with Crippen LogP contribution in [0.1, 0.15) is 13.8 Å². The second-order valence-corrected chi connectivity index (χ2v) is 4.29. The van der Waals surface area contributed by atoms with E-state index < -0.39 is 11.4 Å². The minimum absolute atomic E-state index is 0.267. The van der Waals surface area contributed by atoms with Gasteiger partial charge in [0, 0.05) is 6.54 Å². The number of hydrogen-bond acceptors (Lipinski definition) is 6. The highest BCUT2D eigenvalue weighted by molar-refractivity contribution is 5.74. The molecule has 0 fully saturated rings. The summed E-state index contributed by atoms with van der Waals surface area (Å²) in [6, 6.07) is 3.40. The van der Waals surface area contributed by atoms with Crippen molar-refractivity contribution >= 4 is 17.4 Å². The smallest absolute Gasteiger partial charge is 0.310 e. The molecule has 2 rings (SSSR count). The summed E-state index contributed by atoms with van der Waals surface area (Å²) in [4.78, 5) is 10.9. The van der Waals surface area contributed by atoms with Crippen LogP contribution in [0.25, 0.3) is 5.65 Å². The fourth-order valence-electron chi connectivity index (χ4n) is 1.13. The van der Waals surface area contributed by atoms with Crippen molar-refractivity contribution in [2.45, 2.75) is 13.8 Å². The molecule has 0 saturated heterocycles. The van der Waals surface area contributed by atoms with Gasteiger partial charge in [0.25, 0.3) is 0 Å². The summed E-state index contributed by atoms with van der Waals surface area (Å²) < 4.78 is 1.27. The molecule has 0 bridgehead atoms. The second kappa shape index (κ2) is 3.96. The summed E-state index contributed by atoms with van der Waals surface area (Å²) >= 11 is 0. The molecule has 17 heavy (non-hydrogen) atoms. The lowest BCUT2D eigenvalue weighted by Crippen LogP contribution is -2.32. The van der Waals surface area contributed by atoms with Crippen LogP contribution in [-0.2, 0) is 4.79 Å². The number of aromatic nitrogens is 5. The predicted molar refractivity (Wildman–Crippen MR) is 58.5 cm³/mol. The van der Waals surface area contributed by atoms with Gasteiger partial charge in [0.05, 0.1) is 5.41 Å². The van der Waals surface area contributed by atoms with Gasteiger partial charge in [-0.05, 0) is 36.4 Å². The van der Waals surface area contributed by atoms with Crippen molar-refractivity contribution in [2.24, 2.45) is 5.41 Å². The minimum Gasteiger partial charge on any atom is -0.481 e. The highest BCUT2D eigenvalue weighted by Gasteiger charge is 2.26. The zero-order valence-electron chi connectivity index (χ0n) is 9.45. The average Bonchev–Trinajstić information content (AvgIpc) is 2.73. The minimum atomic E-state index is -0.867. The van der Waals surface area contributed by atoms with Crippen LogP contribution in [-0.4, -0.2) is 42.9 Å². The predicted octanol–water partition coefficient (Wildman–Crippen LogP) is 0.0420. The quantitative estimate of drug-likeness (QED) is 0.772. The largest absolute Gasteiger partial charge is 0.481 e. The lowest BCUT2D eigenvalue weighted by molar-refractivity contribution is -0.146. The van der Waals surface area contributed by atoms with Gasteiger partial charge in [0.15, 0.2) is 5.65 Å². The standard InChI is InChI=1S/C9H12N6O2/c1-9(2,8(16)17)5-10-6-3-4-7-11-13-14-15(7)12-6/h3-4H,5H2,1-2H3,(H,10,12)(H,16,17). The summed E-state index contributed by atoms with van der Waals surface area (Å²) in [6.07, 6.45) is 0. The SMILES string of the molecule is CC(C)(CNc1ccc2nnnn2n1)C(=O)O. The maximum atomic E-state index is 10.9. The van der Waals surface area contributed by atoms with Crippen molar-refractivity contribution in [2.75, 3.05) is 11.9 Å². The van der Waals surface area contributed by atoms with E-state index in [2.05, 4.69) is 25.9 Å². The van der Waals surface area contributed by atoms with Crippen molar-refractivity contribution in [3.05, 3.63) is 12.1 Å². The number of carbonyl (C=O) groups is 1. The maximum absolute atomic E-state index is 10.9. The Labute approximate surface area is 96.6 Å². The lowest BCUT2D eigenvalue weighted by atomic mass is 9.94. The monoisotopic (exact) mass is 236 g/mol. The average molecular weight is 236 g/mol. The molecule has 2 heterocycles. The van der Waals surface area contributed by atoms with Gasteiger partial charge >= 0.3 is 5.97 Å². The molecule has 0 spiro atoms. The number of nitrogens with one attached hydrogen (secondary N) is 1. The molecular formula is C9H12N6O2. The third-order valence-corrected chi connectivity index (χ3v) is 2.36. The summed E-state index contributed by atoms with van der Waals surface area (Å²) in [5, 5.41) is 26.8. The Hall–Kier alpha value is -2.25. The lowest BCUT2D eigenvalue weighted by Gasteiger charge is -2.19. The van der Waals surface area contributed by atoms with E-state index in [1.165, 1.54) is 4.63 Å². The van der Waals surface area contributed by atoms with E-state index in [1.807, 2.05) is 0 Å². The van der Waals surface area contributed by atoms with Crippen LogP contribution in [0.15, 0.2) is 12.1 Å². The molecule has 2 aromatic rings. The van der Waals surface area contributed by atoms with Crippen molar-refractivity contribution in [3.8, 4) is 0 Å². The van der Waals surface area contributed by atoms with E-state index >= 15 is 0 Å². The number of anilines is 1. The Balaban J connectivity index is 2.11. The molecule has 0 aliphatic rings. The number of aliphatic carboxylic acids is 1. The molecule has 8 heteroatoms. The van der Waals surface area contributed by atoms with Crippen LogP contribution >= 0.6 is 0 Å². The Morgan fingerprint density at radius 3 is 3.00 bits per heavy atom. The normalized spacial score (nSPS) is 11.6. The topological polar surface area (TPSA) is 105 Å². The summed E-state index contributed by atoms with van der Waals surface area (Å²) in [5.41, 5.74) is -0.329. The molecule has 0 aliphatic carbocycles. The van der Waals surface area contributed by atoms with E-state index in [9.17, 15) is 4.79 Å². The summed E-state index contributed by atoms with van der Waals surface area (Å²) in [5.74, 6) is -0.340. The van der Waals surface area contributed by atoms with Crippen LogP contribution in [0.4, 0.5) is 5.82 Å². The zero-order valence-corrected chi connectivity index (χ0v) is 9.45. The first kappa shape index (κ1) is 11.2. The van der Waals surface area contributed by atoms with Gasteiger partial charge in [-0.25, -0.2) is 0 Å². The molecule has 0 aliphatic heterocycles. The highest BCUT2D eigenvalue weighted by Crippen LogP contribution is 2.15. The van der Waals surface area contributed by atoms with Crippen molar-refractivity contribution in [1.29, 1.82) is 0 Å². The van der Waals surface area contributed by atoms with E-state index in [1.54, 1.807) is 26.0 Å². The highest BCUT2D eigenvalue weighted by atomic mass is 16.4. The molecule has 0 radical (unpaired) electrons.